The summed E-state index contributed by atoms with van der Waals surface area (Å²) in [5.74, 6) is -3.88. The summed E-state index contributed by atoms with van der Waals surface area (Å²) in [5.41, 5.74) is 1.50. The minimum atomic E-state index is -1.65. The van der Waals surface area contributed by atoms with E-state index in [9.17, 15) is 29.1 Å². The van der Waals surface area contributed by atoms with Crippen molar-refractivity contribution in [3.8, 4) is 0 Å². The number of carboxylic acid groups (broad SMARTS) is 1. The minimum absolute atomic E-state index is 0.0114. The third-order valence-electron chi connectivity index (χ3n) is 8.17. The van der Waals surface area contributed by atoms with E-state index in [0.29, 0.717) is 24.7 Å². The van der Waals surface area contributed by atoms with Gasteiger partial charge in [-0.25, -0.2) is 9.59 Å². The first kappa shape index (κ1) is 33.0. The SMILES string of the molecule is CNC1CCN(C(=O)N[C@H](C(=O)N2C(c3ccccc3)SC[C@H]2C(=O)N[C@@H](Cc2ccccc2)C(=O)C(=O)O)C(C)C)CC1. The molecule has 0 aliphatic carbocycles. The quantitative estimate of drug-likeness (QED) is 0.279. The number of hydrogen-bond acceptors (Lipinski definition) is 7. The van der Waals surface area contributed by atoms with Crippen molar-refractivity contribution < 1.29 is 29.1 Å². The fourth-order valence-corrected chi connectivity index (χ4v) is 7.04. The zero-order valence-electron chi connectivity index (χ0n) is 25.3. The van der Waals surface area contributed by atoms with Crippen molar-refractivity contribution in [2.24, 2.45) is 5.92 Å². The number of ketones is 1. The number of hydrogen-bond donors (Lipinski definition) is 4. The fourth-order valence-electron chi connectivity index (χ4n) is 5.60. The van der Waals surface area contributed by atoms with Gasteiger partial charge >= 0.3 is 12.0 Å². The number of piperidine rings is 1. The monoisotopic (exact) mass is 623 g/mol. The Balaban J connectivity index is 1.59. The van der Waals surface area contributed by atoms with Crippen LogP contribution in [0.3, 0.4) is 0 Å². The first-order valence-corrected chi connectivity index (χ1v) is 16.0. The summed E-state index contributed by atoms with van der Waals surface area (Å²) in [6.07, 6.45) is 1.61. The Morgan fingerprint density at radius 1 is 0.932 bits per heavy atom. The molecule has 0 saturated carbocycles. The number of likely N-dealkylation sites (tertiary alicyclic amines) is 1. The van der Waals surface area contributed by atoms with E-state index in [1.54, 1.807) is 35.2 Å². The molecule has 2 aromatic carbocycles. The Bertz CT molecular complexity index is 1320. The van der Waals surface area contributed by atoms with Gasteiger partial charge in [-0.05, 0) is 36.9 Å². The summed E-state index contributed by atoms with van der Waals surface area (Å²) in [6, 6.07) is 14.9. The second-order valence-corrected chi connectivity index (χ2v) is 12.6. The fraction of sp³-hybridized carbons (Fsp3) is 0.469. The average Bonchev–Trinajstić information content (AvgIpc) is 3.49. The lowest BCUT2D eigenvalue weighted by molar-refractivity contribution is -0.151. The third-order valence-corrected chi connectivity index (χ3v) is 9.49. The summed E-state index contributed by atoms with van der Waals surface area (Å²) in [6.45, 7) is 4.81. The number of aliphatic carboxylic acids is 1. The topological polar surface area (TPSA) is 148 Å². The van der Waals surface area contributed by atoms with Crippen molar-refractivity contribution in [2.75, 3.05) is 25.9 Å². The van der Waals surface area contributed by atoms with E-state index in [-0.39, 0.29) is 24.1 Å². The van der Waals surface area contributed by atoms with Gasteiger partial charge in [0.25, 0.3) is 5.78 Å². The van der Waals surface area contributed by atoms with Crippen molar-refractivity contribution in [1.82, 2.24) is 25.8 Å². The number of amides is 4. The van der Waals surface area contributed by atoms with Gasteiger partial charge in [-0.1, -0.05) is 74.5 Å². The Kier molecular flexibility index (Phi) is 11.4. The van der Waals surface area contributed by atoms with Crippen LogP contribution in [-0.4, -0.2) is 94.6 Å². The molecular formula is C32H41N5O6S. The number of nitrogens with zero attached hydrogens (tertiary/aromatic N) is 2. The van der Waals surface area contributed by atoms with Crippen LogP contribution in [0.4, 0.5) is 4.79 Å². The molecule has 2 heterocycles. The molecule has 11 nitrogen and oxygen atoms in total. The number of urea groups is 1. The number of carbonyl (C=O) groups is 5. The van der Waals surface area contributed by atoms with E-state index in [1.165, 1.54) is 16.7 Å². The highest BCUT2D eigenvalue weighted by atomic mass is 32.2. The van der Waals surface area contributed by atoms with Gasteiger partial charge in [-0.3, -0.25) is 14.4 Å². The van der Waals surface area contributed by atoms with Gasteiger partial charge in [-0.15, -0.1) is 11.8 Å². The van der Waals surface area contributed by atoms with Gasteiger partial charge in [0.1, 0.15) is 23.5 Å². The molecule has 2 aromatic rings. The predicted molar refractivity (Wildman–Crippen MR) is 168 cm³/mol. The Hall–Kier alpha value is -3.90. The van der Waals surface area contributed by atoms with Gasteiger partial charge in [0.15, 0.2) is 0 Å². The number of carboxylic acids is 1. The lowest BCUT2D eigenvalue weighted by Gasteiger charge is -2.36. The molecule has 12 heteroatoms. The molecule has 0 spiro atoms. The highest BCUT2D eigenvalue weighted by molar-refractivity contribution is 7.99. The molecule has 0 bridgehead atoms. The molecule has 2 aliphatic rings. The molecule has 0 radical (unpaired) electrons. The second-order valence-electron chi connectivity index (χ2n) is 11.5. The van der Waals surface area contributed by atoms with Crippen LogP contribution in [0.25, 0.3) is 0 Å². The molecule has 4 N–H and O–H groups in total. The summed E-state index contributed by atoms with van der Waals surface area (Å²) in [5, 5.41) is 17.8. The molecule has 4 rings (SSSR count). The molecule has 0 aromatic heterocycles. The van der Waals surface area contributed by atoms with Gasteiger partial charge in [-0.2, -0.15) is 0 Å². The zero-order valence-corrected chi connectivity index (χ0v) is 26.1. The van der Waals surface area contributed by atoms with Crippen molar-refractivity contribution in [3.05, 3.63) is 71.8 Å². The lowest BCUT2D eigenvalue weighted by atomic mass is 10.00. The third kappa shape index (κ3) is 7.97. The van der Waals surface area contributed by atoms with Crippen molar-refractivity contribution >= 4 is 41.4 Å². The van der Waals surface area contributed by atoms with Crippen LogP contribution in [0.15, 0.2) is 60.7 Å². The molecule has 4 amide bonds. The standard InChI is InChI=1S/C32H41N5O6S/c1-20(2)26(35-32(43)36-16-14-23(33-3)15-17-36)29(40)37-25(19-44-30(37)22-12-8-5-9-13-22)28(39)34-24(27(38)31(41)42)18-21-10-6-4-7-11-21/h4-13,20,23-26,30,33H,14-19H2,1-3H3,(H,34,39)(H,35,43)(H,41,42)/t24-,25-,26-,30?/m0/s1. The van der Waals surface area contributed by atoms with E-state index < -0.39 is 47.1 Å². The first-order chi connectivity index (χ1) is 21.1. The summed E-state index contributed by atoms with van der Waals surface area (Å²) in [7, 11) is 1.90. The predicted octanol–water partition coefficient (Wildman–Crippen LogP) is 2.43. The van der Waals surface area contributed by atoms with E-state index in [0.717, 1.165) is 18.4 Å². The van der Waals surface area contributed by atoms with Crippen LogP contribution in [-0.2, 0) is 25.6 Å². The normalized spacial score (nSPS) is 20.2. The van der Waals surface area contributed by atoms with E-state index in [4.69, 9.17) is 0 Å². The van der Waals surface area contributed by atoms with Gasteiger partial charge < -0.3 is 30.9 Å². The van der Waals surface area contributed by atoms with Gasteiger partial charge in [0.2, 0.25) is 11.8 Å². The molecule has 2 saturated heterocycles. The van der Waals surface area contributed by atoms with Crippen LogP contribution >= 0.6 is 11.8 Å². The number of Topliss-reactive ketones (excluding diaryl/α,β-unsaturated/α-hetero) is 1. The largest absolute Gasteiger partial charge is 0.475 e. The summed E-state index contributed by atoms with van der Waals surface area (Å²) in [4.78, 5) is 69.0. The number of rotatable bonds is 11. The van der Waals surface area contributed by atoms with Crippen LogP contribution in [0.2, 0.25) is 0 Å². The highest BCUT2D eigenvalue weighted by Gasteiger charge is 2.46. The van der Waals surface area contributed by atoms with Crippen LogP contribution < -0.4 is 16.0 Å². The van der Waals surface area contributed by atoms with E-state index in [2.05, 4.69) is 16.0 Å². The van der Waals surface area contributed by atoms with Crippen molar-refractivity contribution in [3.63, 3.8) is 0 Å². The highest BCUT2D eigenvalue weighted by Crippen LogP contribution is 2.42. The molecule has 236 valence electrons. The number of carbonyl (C=O) groups excluding carboxylic acids is 4. The number of nitrogens with one attached hydrogen (secondary N) is 3. The molecule has 44 heavy (non-hydrogen) atoms. The maximum absolute atomic E-state index is 14.3. The molecule has 2 aliphatic heterocycles. The number of benzene rings is 2. The summed E-state index contributed by atoms with van der Waals surface area (Å²) >= 11 is 1.41. The Morgan fingerprint density at radius 3 is 2.11 bits per heavy atom. The molecule has 1 unspecified atom stereocenters. The second kappa shape index (κ2) is 15.2. The first-order valence-electron chi connectivity index (χ1n) is 14.9. The van der Waals surface area contributed by atoms with E-state index in [1.807, 2.05) is 51.2 Å². The zero-order chi connectivity index (χ0) is 31.8. The number of thioether (sulfide) groups is 1. The Labute approximate surface area is 262 Å². The Morgan fingerprint density at radius 2 is 1.55 bits per heavy atom. The van der Waals surface area contributed by atoms with E-state index >= 15 is 0 Å². The molecule has 2 fully saturated rings. The summed E-state index contributed by atoms with van der Waals surface area (Å²) < 4.78 is 0. The van der Waals surface area contributed by atoms with Gasteiger partial charge in [0, 0.05) is 31.3 Å². The van der Waals surface area contributed by atoms with Crippen LogP contribution in [0.5, 0.6) is 0 Å². The van der Waals surface area contributed by atoms with Gasteiger partial charge in [0.05, 0.1) is 0 Å². The minimum Gasteiger partial charge on any atom is -0.475 e. The smallest absolute Gasteiger partial charge is 0.374 e. The maximum atomic E-state index is 14.3. The van der Waals surface area contributed by atoms with Crippen molar-refractivity contribution in [2.45, 2.75) is 62.7 Å². The van der Waals surface area contributed by atoms with Crippen LogP contribution in [0, 0.1) is 5.92 Å². The maximum Gasteiger partial charge on any atom is 0.374 e. The molecular weight excluding hydrogens is 582 g/mol. The van der Waals surface area contributed by atoms with Crippen LogP contribution in [0.1, 0.15) is 43.2 Å². The average molecular weight is 624 g/mol. The molecule has 4 atom stereocenters. The lowest BCUT2D eigenvalue weighted by Crippen LogP contribution is -2.59. The van der Waals surface area contributed by atoms with Crippen molar-refractivity contribution in [1.29, 1.82) is 0 Å².